The second-order valence-corrected chi connectivity index (χ2v) is 6.16. The summed E-state index contributed by atoms with van der Waals surface area (Å²) >= 11 is 0. The van der Waals surface area contributed by atoms with Crippen LogP contribution in [0.1, 0.15) is 22.6 Å². The zero-order chi connectivity index (χ0) is 21.7. The van der Waals surface area contributed by atoms with Crippen LogP contribution in [0.3, 0.4) is 0 Å². The third-order valence-corrected chi connectivity index (χ3v) is 4.13. The third-order valence-electron chi connectivity index (χ3n) is 4.13. The zero-order valence-corrected chi connectivity index (χ0v) is 15.9. The van der Waals surface area contributed by atoms with E-state index < -0.39 is 17.6 Å². The molecule has 0 fully saturated rings. The van der Waals surface area contributed by atoms with Crippen LogP contribution in [0.5, 0.6) is 5.75 Å². The number of methoxy groups -OCH3 is 1. The van der Waals surface area contributed by atoms with E-state index in [1.54, 1.807) is 7.11 Å². The van der Waals surface area contributed by atoms with Crippen LogP contribution in [0.15, 0.2) is 42.9 Å². The highest BCUT2D eigenvalue weighted by Crippen LogP contribution is 2.40. The average molecular weight is 421 g/mol. The van der Waals surface area contributed by atoms with Gasteiger partial charge in [0.15, 0.2) is 0 Å². The summed E-state index contributed by atoms with van der Waals surface area (Å²) in [5.41, 5.74) is 4.35. The number of hydrogen-bond acceptors (Lipinski definition) is 6. The highest BCUT2D eigenvalue weighted by Gasteiger charge is 2.35. The molecule has 0 unspecified atom stereocenters. The van der Waals surface area contributed by atoms with Crippen molar-refractivity contribution in [3.8, 4) is 22.7 Å². The van der Waals surface area contributed by atoms with Gasteiger partial charge in [0.25, 0.3) is 5.91 Å². The van der Waals surface area contributed by atoms with E-state index in [0.717, 1.165) is 17.0 Å². The first-order valence-electron chi connectivity index (χ1n) is 8.81. The van der Waals surface area contributed by atoms with Crippen LogP contribution in [0.4, 0.5) is 13.2 Å². The third kappa shape index (κ3) is 4.57. The monoisotopic (exact) mass is 421 g/mol. The first-order valence-corrected chi connectivity index (χ1v) is 8.81. The first-order chi connectivity index (χ1) is 14.3. The molecule has 1 amide bonds. The maximum Gasteiger partial charge on any atom is 0.417 e. The summed E-state index contributed by atoms with van der Waals surface area (Å²) in [6.07, 6.45) is -1.52. The standard InChI is InChI=1S/C19H18F3N5O3/c1-29-8-3-9-30-12-5-6-15(19(20,21)22)14(10-12)13-4-2-7-24-17(13)27-11-25-26-18(27)16(23)28/h2,4-7,10-11H,3,8-9H2,1H3,(H2,23,28). The molecule has 2 aromatic heterocycles. The lowest BCUT2D eigenvalue weighted by atomic mass is 9.99. The summed E-state index contributed by atoms with van der Waals surface area (Å²) in [6, 6.07) is 6.41. The summed E-state index contributed by atoms with van der Waals surface area (Å²) in [5, 5.41) is 7.23. The number of carbonyl (C=O) groups excluding carboxylic acids is 1. The summed E-state index contributed by atoms with van der Waals surface area (Å²) in [5.74, 6) is -0.869. The Morgan fingerprint density at radius 3 is 2.70 bits per heavy atom. The van der Waals surface area contributed by atoms with Crippen molar-refractivity contribution in [2.45, 2.75) is 12.6 Å². The fraction of sp³-hybridized carbons (Fsp3) is 0.263. The first kappa shape index (κ1) is 21.2. The summed E-state index contributed by atoms with van der Waals surface area (Å²) < 4.78 is 52.8. The average Bonchev–Trinajstić information content (AvgIpc) is 3.20. The van der Waals surface area contributed by atoms with Gasteiger partial charge in [-0.15, -0.1) is 10.2 Å². The topological polar surface area (TPSA) is 105 Å². The molecule has 30 heavy (non-hydrogen) atoms. The maximum absolute atomic E-state index is 13.7. The minimum Gasteiger partial charge on any atom is -0.493 e. The molecule has 0 aliphatic heterocycles. The van der Waals surface area contributed by atoms with E-state index in [0.29, 0.717) is 13.0 Å². The SMILES string of the molecule is COCCCOc1ccc(C(F)(F)F)c(-c2cccnc2-n2cnnc2C(N)=O)c1. The molecule has 0 aliphatic carbocycles. The quantitative estimate of drug-likeness (QED) is 0.561. The van der Waals surface area contributed by atoms with E-state index >= 15 is 0 Å². The molecule has 0 aliphatic rings. The lowest BCUT2D eigenvalue weighted by Crippen LogP contribution is -2.18. The molecule has 0 bridgehead atoms. The van der Waals surface area contributed by atoms with Crippen molar-refractivity contribution < 1.29 is 27.4 Å². The van der Waals surface area contributed by atoms with Crippen LogP contribution in [0.2, 0.25) is 0 Å². The second-order valence-electron chi connectivity index (χ2n) is 6.16. The minimum atomic E-state index is -4.63. The minimum absolute atomic E-state index is 0.0262. The number of nitrogens with zero attached hydrogens (tertiary/aromatic N) is 4. The van der Waals surface area contributed by atoms with E-state index in [2.05, 4.69) is 15.2 Å². The van der Waals surface area contributed by atoms with Crippen LogP contribution >= 0.6 is 0 Å². The van der Waals surface area contributed by atoms with Gasteiger partial charge in [0.2, 0.25) is 5.82 Å². The molecule has 0 saturated heterocycles. The Balaban J connectivity index is 2.12. The van der Waals surface area contributed by atoms with Gasteiger partial charge in [0.1, 0.15) is 17.9 Å². The number of pyridine rings is 1. The van der Waals surface area contributed by atoms with Gasteiger partial charge in [-0.05, 0) is 30.3 Å². The van der Waals surface area contributed by atoms with Crippen molar-refractivity contribution in [1.82, 2.24) is 19.7 Å². The van der Waals surface area contributed by atoms with Crippen LogP contribution in [0, 0.1) is 0 Å². The molecule has 0 atom stereocenters. The van der Waals surface area contributed by atoms with Gasteiger partial charge in [0, 0.05) is 37.5 Å². The van der Waals surface area contributed by atoms with Crippen molar-refractivity contribution >= 4 is 5.91 Å². The Labute approximate surface area is 169 Å². The molecule has 3 aromatic rings. The van der Waals surface area contributed by atoms with E-state index in [4.69, 9.17) is 15.2 Å². The number of rotatable bonds is 8. The Morgan fingerprint density at radius 1 is 1.20 bits per heavy atom. The highest BCUT2D eigenvalue weighted by molar-refractivity contribution is 5.90. The molecule has 1 aromatic carbocycles. The van der Waals surface area contributed by atoms with Gasteiger partial charge in [-0.3, -0.25) is 9.36 Å². The normalized spacial score (nSPS) is 11.5. The molecular weight excluding hydrogens is 403 g/mol. The summed E-state index contributed by atoms with van der Waals surface area (Å²) in [6.45, 7) is 0.736. The van der Waals surface area contributed by atoms with E-state index in [-0.39, 0.29) is 35.1 Å². The van der Waals surface area contributed by atoms with Crippen LogP contribution in [-0.4, -0.2) is 46.0 Å². The van der Waals surface area contributed by atoms with Crippen molar-refractivity contribution in [3.05, 3.63) is 54.2 Å². The van der Waals surface area contributed by atoms with Crippen LogP contribution in [0.25, 0.3) is 16.9 Å². The largest absolute Gasteiger partial charge is 0.493 e. The van der Waals surface area contributed by atoms with Crippen molar-refractivity contribution in [1.29, 1.82) is 0 Å². The maximum atomic E-state index is 13.7. The Hall–Kier alpha value is -3.47. The number of carbonyl (C=O) groups is 1. The second kappa shape index (κ2) is 8.91. The van der Waals surface area contributed by atoms with Gasteiger partial charge in [-0.2, -0.15) is 13.2 Å². The molecule has 158 valence electrons. The molecule has 11 heteroatoms. The summed E-state index contributed by atoms with van der Waals surface area (Å²) in [7, 11) is 1.55. The Morgan fingerprint density at radius 2 is 2.00 bits per heavy atom. The van der Waals surface area contributed by atoms with Crippen molar-refractivity contribution in [2.24, 2.45) is 5.73 Å². The molecule has 0 spiro atoms. The molecule has 2 heterocycles. The number of amides is 1. The van der Waals surface area contributed by atoms with Gasteiger partial charge >= 0.3 is 6.18 Å². The summed E-state index contributed by atoms with van der Waals surface area (Å²) in [4.78, 5) is 15.7. The van der Waals surface area contributed by atoms with Gasteiger partial charge in [-0.25, -0.2) is 4.98 Å². The van der Waals surface area contributed by atoms with Crippen molar-refractivity contribution in [3.63, 3.8) is 0 Å². The number of hydrogen-bond donors (Lipinski definition) is 1. The lowest BCUT2D eigenvalue weighted by Gasteiger charge is -2.17. The highest BCUT2D eigenvalue weighted by atomic mass is 19.4. The van der Waals surface area contributed by atoms with Crippen LogP contribution in [-0.2, 0) is 10.9 Å². The number of benzene rings is 1. The van der Waals surface area contributed by atoms with E-state index in [9.17, 15) is 18.0 Å². The number of aromatic nitrogens is 4. The van der Waals surface area contributed by atoms with Crippen molar-refractivity contribution in [2.75, 3.05) is 20.3 Å². The smallest absolute Gasteiger partial charge is 0.417 e. The number of primary amides is 1. The molecule has 2 N–H and O–H groups in total. The van der Waals surface area contributed by atoms with Gasteiger partial charge < -0.3 is 15.2 Å². The molecule has 3 rings (SSSR count). The molecule has 0 radical (unpaired) electrons. The fourth-order valence-electron chi connectivity index (χ4n) is 2.83. The molecular formula is C19H18F3N5O3. The molecule has 0 saturated carbocycles. The number of alkyl halides is 3. The lowest BCUT2D eigenvalue weighted by molar-refractivity contribution is -0.137. The van der Waals surface area contributed by atoms with Crippen LogP contribution < -0.4 is 10.5 Å². The fourth-order valence-corrected chi connectivity index (χ4v) is 2.83. The Bertz CT molecular complexity index is 1040. The van der Waals surface area contributed by atoms with Gasteiger partial charge in [0.05, 0.1) is 12.2 Å². The van der Waals surface area contributed by atoms with E-state index in [1.165, 1.54) is 30.5 Å². The Kier molecular flexibility index (Phi) is 6.31. The number of nitrogens with two attached hydrogens (primary N) is 1. The predicted octanol–water partition coefficient (Wildman–Crippen LogP) is 2.86. The predicted molar refractivity (Wildman–Crippen MR) is 100 cm³/mol. The number of halogens is 3. The van der Waals surface area contributed by atoms with Gasteiger partial charge in [-0.1, -0.05) is 0 Å². The van der Waals surface area contributed by atoms with E-state index in [1.807, 2.05) is 0 Å². The zero-order valence-electron chi connectivity index (χ0n) is 15.9. The number of ether oxygens (including phenoxy) is 2. The molecule has 8 nitrogen and oxygen atoms in total.